The van der Waals surface area contributed by atoms with Gasteiger partial charge in [-0.05, 0) is 32.1 Å². The van der Waals surface area contributed by atoms with Crippen LogP contribution >= 0.6 is 0 Å². The van der Waals surface area contributed by atoms with Crippen molar-refractivity contribution in [3.05, 3.63) is 48.0 Å². The minimum absolute atomic E-state index is 0.813. The molecule has 2 aromatic heterocycles. The van der Waals surface area contributed by atoms with Gasteiger partial charge in [0.1, 0.15) is 5.82 Å². The molecule has 1 fully saturated rings. The highest BCUT2D eigenvalue weighted by molar-refractivity contribution is 5.46. The average Bonchev–Trinajstić information content (AvgIpc) is 2.96. The summed E-state index contributed by atoms with van der Waals surface area (Å²) in [6.07, 6.45) is 6.57. The zero-order valence-corrected chi connectivity index (χ0v) is 13.2. The van der Waals surface area contributed by atoms with Gasteiger partial charge in [-0.2, -0.15) is 0 Å². The van der Waals surface area contributed by atoms with Gasteiger partial charge < -0.3 is 19.5 Å². The largest absolute Gasteiger partial charge is 0.472 e. The first-order chi connectivity index (χ1) is 10.8. The summed E-state index contributed by atoms with van der Waals surface area (Å²) in [5.41, 5.74) is 2.43. The van der Waals surface area contributed by atoms with Crippen LogP contribution in [0.4, 0.5) is 5.82 Å². The quantitative estimate of drug-likeness (QED) is 0.916. The molecule has 0 bridgehead atoms. The van der Waals surface area contributed by atoms with Crippen LogP contribution < -0.4 is 10.2 Å². The monoisotopic (exact) mass is 300 g/mol. The van der Waals surface area contributed by atoms with Gasteiger partial charge in [-0.1, -0.05) is 6.07 Å². The molecule has 0 radical (unpaired) electrons. The van der Waals surface area contributed by atoms with E-state index in [2.05, 4.69) is 33.2 Å². The lowest BCUT2D eigenvalue weighted by Crippen LogP contribution is -2.30. The molecule has 0 spiro atoms. The number of likely N-dealkylation sites (N-methyl/N-ethyl adjacent to an activating group) is 1. The molecule has 22 heavy (non-hydrogen) atoms. The molecule has 1 aliphatic rings. The maximum atomic E-state index is 5.09. The smallest absolute Gasteiger partial charge is 0.133 e. The second-order valence-corrected chi connectivity index (χ2v) is 5.87. The van der Waals surface area contributed by atoms with E-state index in [4.69, 9.17) is 4.42 Å². The molecular weight excluding hydrogens is 276 g/mol. The van der Waals surface area contributed by atoms with E-state index in [0.717, 1.165) is 45.1 Å². The van der Waals surface area contributed by atoms with E-state index in [1.54, 1.807) is 12.5 Å². The summed E-state index contributed by atoms with van der Waals surface area (Å²) >= 11 is 0. The topological polar surface area (TPSA) is 44.5 Å². The Bertz CT molecular complexity index is 570. The Kier molecular flexibility index (Phi) is 5.08. The number of anilines is 1. The molecule has 0 saturated carbocycles. The molecule has 0 amide bonds. The van der Waals surface area contributed by atoms with Crippen molar-refractivity contribution in [2.24, 2.45) is 0 Å². The fourth-order valence-corrected chi connectivity index (χ4v) is 2.85. The maximum absolute atomic E-state index is 5.09. The van der Waals surface area contributed by atoms with Crippen molar-refractivity contribution in [3.8, 4) is 0 Å². The molecule has 2 aromatic rings. The van der Waals surface area contributed by atoms with E-state index >= 15 is 0 Å². The van der Waals surface area contributed by atoms with Gasteiger partial charge in [-0.25, -0.2) is 4.98 Å². The molecule has 1 aliphatic heterocycles. The zero-order chi connectivity index (χ0) is 15.2. The number of hydrogen-bond donors (Lipinski definition) is 1. The SMILES string of the molecule is CN1CCCN(c2ncccc2CNCc2ccoc2)CC1. The van der Waals surface area contributed by atoms with Crippen LogP contribution in [0, 0.1) is 0 Å². The molecule has 118 valence electrons. The molecule has 1 N–H and O–H groups in total. The van der Waals surface area contributed by atoms with E-state index in [9.17, 15) is 0 Å². The van der Waals surface area contributed by atoms with E-state index in [-0.39, 0.29) is 0 Å². The maximum Gasteiger partial charge on any atom is 0.133 e. The molecular formula is C17H24N4O. The third kappa shape index (κ3) is 3.87. The van der Waals surface area contributed by atoms with Gasteiger partial charge >= 0.3 is 0 Å². The van der Waals surface area contributed by atoms with E-state index in [0.29, 0.717) is 0 Å². The average molecular weight is 300 g/mol. The van der Waals surface area contributed by atoms with Crippen LogP contribution in [0.15, 0.2) is 41.3 Å². The zero-order valence-electron chi connectivity index (χ0n) is 13.2. The number of aromatic nitrogens is 1. The predicted octanol–water partition coefficient (Wildman–Crippen LogP) is 2.11. The van der Waals surface area contributed by atoms with Crippen LogP contribution in [0.5, 0.6) is 0 Å². The lowest BCUT2D eigenvalue weighted by Gasteiger charge is -2.24. The number of nitrogens with zero attached hydrogens (tertiary/aromatic N) is 3. The van der Waals surface area contributed by atoms with Gasteiger partial charge in [-0.15, -0.1) is 0 Å². The Morgan fingerprint density at radius 1 is 1.18 bits per heavy atom. The summed E-state index contributed by atoms with van der Waals surface area (Å²) in [6.45, 7) is 6.02. The summed E-state index contributed by atoms with van der Waals surface area (Å²) < 4.78 is 5.09. The van der Waals surface area contributed by atoms with Gasteiger partial charge in [-0.3, -0.25) is 0 Å². The van der Waals surface area contributed by atoms with E-state index in [1.807, 2.05) is 18.3 Å². The van der Waals surface area contributed by atoms with Crippen LogP contribution in [0.2, 0.25) is 0 Å². The highest BCUT2D eigenvalue weighted by Gasteiger charge is 2.16. The fourth-order valence-electron chi connectivity index (χ4n) is 2.85. The molecule has 5 nitrogen and oxygen atoms in total. The van der Waals surface area contributed by atoms with Crippen molar-refractivity contribution in [1.29, 1.82) is 0 Å². The van der Waals surface area contributed by atoms with Gasteiger partial charge in [0.15, 0.2) is 0 Å². The lowest BCUT2D eigenvalue weighted by atomic mass is 10.2. The lowest BCUT2D eigenvalue weighted by molar-refractivity contribution is 0.360. The second kappa shape index (κ2) is 7.42. The van der Waals surface area contributed by atoms with Crippen LogP contribution in [-0.4, -0.2) is 43.1 Å². The fraction of sp³-hybridized carbons (Fsp3) is 0.471. The molecule has 5 heteroatoms. The summed E-state index contributed by atoms with van der Waals surface area (Å²) in [7, 11) is 2.19. The first-order valence-electron chi connectivity index (χ1n) is 7.92. The molecule has 0 atom stereocenters. The molecule has 1 saturated heterocycles. The van der Waals surface area contributed by atoms with Crippen molar-refractivity contribution in [1.82, 2.24) is 15.2 Å². The molecule has 0 unspecified atom stereocenters. The van der Waals surface area contributed by atoms with Crippen LogP contribution in [-0.2, 0) is 13.1 Å². The Morgan fingerprint density at radius 2 is 2.14 bits per heavy atom. The van der Waals surface area contributed by atoms with Gasteiger partial charge in [0, 0.05) is 50.0 Å². The molecule has 3 heterocycles. The number of nitrogens with one attached hydrogen (secondary N) is 1. The van der Waals surface area contributed by atoms with Crippen LogP contribution in [0.1, 0.15) is 17.5 Å². The third-order valence-electron chi connectivity index (χ3n) is 4.11. The predicted molar refractivity (Wildman–Crippen MR) is 87.8 cm³/mol. The Morgan fingerprint density at radius 3 is 3.00 bits per heavy atom. The molecule has 0 aliphatic carbocycles. The van der Waals surface area contributed by atoms with E-state index in [1.165, 1.54) is 17.5 Å². The number of rotatable bonds is 5. The van der Waals surface area contributed by atoms with Crippen molar-refractivity contribution < 1.29 is 4.42 Å². The highest BCUT2D eigenvalue weighted by atomic mass is 16.3. The third-order valence-corrected chi connectivity index (χ3v) is 4.11. The summed E-state index contributed by atoms with van der Waals surface area (Å²) in [6, 6.07) is 6.17. The minimum Gasteiger partial charge on any atom is -0.472 e. The van der Waals surface area contributed by atoms with Gasteiger partial charge in [0.2, 0.25) is 0 Å². The van der Waals surface area contributed by atoms with Crippen LogP contribution in [0.3, 0.4) is 0 Å². The molecule has 3 rings (SSSR count). The second-order valence-electron chi connectivity index (χ2n) is 5.87. The summed E-state index contributed by atoms with van der Waals surface area (Å²) in [4.78, 5) is 9.44. The highest BCUT2D eigenvalue weighted by Crippen LogP contribution is 2.19. The first kappa shape index (κ1) is 15.1. The summed E-state index contributed by atoms with van der Waals surface area (Å²) in [5.74, 6) is 1.12. The minimum atomic E-state index is 0.813. The first-order valence-corrected chi connectivity index (χ1v) is 7.92. The number of pyridine rings is 1. The van der Waals surface area contributed by atoms with Crippen molar-refractivity contribution in [2.75, 3.05) is 38.1 Å². The standard InChI is InChI=1S/C17H24N4O/c1-20-7-3-8-21(10-9-20)17-16(4-2-6-19-17)13-18-12-15-5-11-22-14-15/h2,4-6,11,14,18H,3,7-10,12-13H2,1H3. The van der Waals surface area contributed by atoms with Crippen molar-refractivity contribution in [3.63, 3.8) is 0 Å². The van der Waals surface area contributed by atoms with Gasteiger partial charge in [0.25, 0.3) is 0 Å². The summed E-state index contributed by atoms with van der Waals surface area (Å²) in [5, 5.41) is 3.47. The Labute approximate surface area is 131 Å². The normalized spacial score (nSPS) is 16.7. The number of furan rings is 1. The molecule has 0 aromatic carbocycles. The Balaban J connectivity index is 1.64. The van der Waals surface area contributed by atoms with E-state index < -0.39 is 0 Å². The van der Waals surface area contributed by atoms with Crippen molar-refractivity contribution >= 4 is 5.82 Å². The van der Waals surface area contributed by atoms with Crippen molar-refractivity contribution in [2.45, 2.75) is 19.5 Å². The number of hydrogen-bond acceptors (Lipinski definition) is 5. The van der Waals surface area contributed by atoms with Crippen LogP contribution in [0.25, 0.3) is 0 Å². The van der Waals surface area contributed by atoms with Gasteiger partial charge in [0.05, 0.1) is 12.5 Å². The Hall–Kier alpha value is -1.85.